The van der Waals surface area contributed by atoms with Gasteiger partial charge in [0.05, 0.1) is 25.5 Å². The van der Waals surface area contributed by atoms with Crippen LogP contribution in [0.1, 0.15) is 15.9 Å². The van der Waals surface area contributed by atoms with Crippen molar-refractivity contribution in [3.05, 3.63) is 57.1 Å². The van der Waals surface area contributed by atoms with E-state index in [1.54, 1.807) is 30.3 Å². The lowest BCUT2D eigenvalue weighted by molar-refractivity contribution is 0.0954. The Morgan fingerprint density at radius 2 is 1.96 bits per heavy atom. The molecule has 0 radical (unpaired) electrons. The average Bonchev–Trinajstić information content (AvgIpc) is 2.66. The standard InChI is InChI=1S/C19H16Cl2N2O4/c1-25-16-4-3-12(7-17(16)26-2)19(24)23-22-9-11-5-13-6-14(20)8-15(21)18(13)27-10-11/h3-9H,10H2,1-2H3,(H,23,24)/b22-9+. The maximum atomic E-state index is 12.2. The minimum atomic E-state index is -0.379. The molecular weight excluding hydrogens is 391 g/mol. The molecule has 27 heavy (non-hydrogen) atoms. The smallest absolute Gasteiger partial charge is 0.271 e. The zero-order valence-corrected chi connectivity index (χ0v) is 16.1. The molecule has 1 amide bonds. The summed E-state index contributed by atoms with van der Waals surface area (Å²) in [6.45, 7) is 0.282. The molecule has 1 N–H and O–H groups in total. The van der Waals surface area contributed by atoms with Crippen LogP contribution in [-0.2, 0) is 0 Å². The van der Waals surface area contributed by atoms with Crippen LogP contribution in [0.3, 0.4) is 0 Å². The summed E-state index contributed by atoms with van der Waals surface area (Å²) in [5.41, 5.74) is 4.37. The number of fused-ring (bicyclic) bond motifs is 1. The lowest BCUT2D eigenvalue weighted by atomic mass is 10.1. The number of hydrazone groups is 1. The lowest BCUT2D eigenvalue weighted by Gasteiger charge is -2.17. The van der Waals surface area contributed by atoms with Crippen LogP contribution >= 0.6 is 23.2 Å². The molecule has 0 aliphatic carbocycles. The number of methoxy groups -OCH3 is 2. The molecule has 0 saturated carbocycles. The van der Waals surface area contributed by atoms with Gasteiger partial charge in [-0.1, -0.05) is 23.2 Å². The monoisotopic (exact) mass is 406 g/mol. The number of hydrogen-bond acceptors (Lipinski definition) is 5. The van der Waals surface area contributed by atoms with Crippen molar-refractivity contribution in [2.75, 3.05) is 20.8 Å². The Kier molecular flexibility index (Phi) is 5.88. The second kappa shape index (κ2) is 8.33. The van der Waals surface area contributed by atoms with E-state index in [4.69, 9.17) is 37.4 Å². The highest BCUT2D eigenvalue weighted by Crippen LogP contribution is 2.36. The molecule has 0 atom stereocenters. The maximum Gasteiger partial charge on any atom is 0.271 e. The largest absolute Gasteiger partial charge is 0.493 e. The molecule has 0 spiro atoms. The highest BCUT2D eigenvalue weighted by molar-refractivity contribution is 6.36. The summed E-state index contributed by atoms with van der Waals surface area (Å²) in [7, 11) is 3.03. The van der Waals surface area contributed by atoms with Crippen molar-refractivity contribution in [2.45, 2.75) is 0 Å². The minimum absolute atomic E-state index is 0.282. The first-order valence-electron chi connectivity index (χ1n) is 7.89. The molecule has 0 bridgehead atoms. The highest BCUT2D eigenvalue weighted by atomic mass is 35.5. The van der Waals surface area contributed by atoms with Crippen LogP contribution < -0.4 is 19.6 Å². The summed E-state index contributed by atoms with van der Waals surface area (Å²) >= 11 is 12.1. The fourth-order valence-corrected chi connectivity index (χ4v) is 3.09. The van der Waals surface area contributed by atoms with Crippen LogP contribution in [0.15, 0.2) is 41.0 Å². The van der Waals surface area contributed by atoms with Crippen LogP contribution in [0.5, 0.6) is 17.2 Å². The first kappa shape index (κ1) is 19.1. The topological polar surface area (TPSA) is 69.2 Å². The Bertz CT molecular complexity index is 942. The van der Waals surface area contributed by atoms with Gasteiger partial charge in [-0.2, -0.15) is 5.10 Å². The molecule has 6 nitrogen and oxygen atoms in total. The Morgan fingerprint density at radius 3 is 2.70 bits per heavy atom. The Labute approximate surface area is 166 Å². The molecule has 0 saturated heterocycles. The van der Waals surface area contributed by atoms with Gasteiger partial charge in [-0.15, -0.1) is 0 Å². The molecule has 0 aromatic heterocycles. The van der Waals surface area contributed by atoms with Crippen molar-refractivity contribution in [3.8, 4) is 17.2 Å². The van der Waals surface area contributed by atoms with Crippen molar-refractivity contribution >= 4 is 41.4 Å². The van der Waals surface area contributed by atoms with E-state index in [-0.39, 0.29) is 12.5 Å². The van der Waals surface area contributed by atoms with Crippen molar-refractivity contribution in [1.29, 1.82) is 0 Å². The number of rotatable bonds is 5. The number of hydrogen-bond donors (Lipinski definition) is 1. The van der Waals surface area contributed by atoms with Crippen molar-refractivity contribution in [2.24, 2.45) is 5.10 Å². The summed E-state index contributed by atoms with van der Waals surface area (Å²) in [6, 6.07) is 8.22. The van der Waals surface area contributed by atoms with Gasteiger partial charge in [-0.05, 0) is 36.4 Å². The summed E-state index contributed by atoms with van der Waals surface area (Å²) in [4.78, 5) is 12.2. The van der Waals surface area contributed by atoms with Crippen molar-refractivity contribution in [3.63, 3.8) is 0 Å². The third-order valence-corrected chi connectivity index (χ3v) is 4.30. The number of halogens is 2. The highest BCUT2D eigenvalue weighted by Gasteiger charge is 2.15. The quantitative estimate of drug-likeness (QED) is 0.596. The molecule has 0 fully saturated rings. The van der Waals surface area contributed by atoms with E-state index < -0.39 is 0 Å². The number of amides is 1. The predicted molar refractivity (Wildman–Crippen MR) is 105 cm³/mol. The molecule has 2 aromatic carbocycles. The first-order valence-corrected chi connectivity index (χ1v) is 8.65. The molecule has 8 heteroatoms. The van der Waals surface area contributed by atoms with Gasteiger partial charge in [0.25, 0.3) is 5.91 Å². The van der Waals surface area contributed by atoms with Crippen LogP contribution in [-0.4, -0.2) is 32.9 Å². The van der Waals surface area contributed by atoms with E-state index in [9.17, 15) is 4.79 Å². The third-order valence-electron chi connectivity index (χ3n) is 3.80. The predicted octanol–water partition coefficient (Wildman–Crippen LogP) is 4.20. The van der Waals surface area contributed by atoms with Crippen LogP contribution in [0.2, 0.25) is 10.0 Å². The van der Waals surface area contributed by atoms with E-state index >= 15 is 0 Å². The number of ether oxygens (including phenoxy) is 3. The molecule has 0 unspecified atom stereocenters. The van der Waals surface area contributed by atoms with E-state index in [1.807, 2.05) is 6.08 Å². The Balaban J connectivity index is 1.70. The van der Waals surface area contributed by atoms with Crippen molar-refractivity contribution in [1.82, 2.24) is 5.43 Å². The van der Waals surface area contributed by atoms with Gasteiger partial charge in [0.15, 0.2) is 11.5 Å². The first-order chi connectivity index (χ1) is 13.0. The van der Waals surface area contributed by atoms with Gasteiger partial charge in [0.1, 0.15) is 12.4 Å². The van der Waals surface area contributed by atoms with Gasteiger partial charge in [0, 0.05) is 21.7 Å². The molecule has 1 aliphatic heterocycles. The second-order valence-corrected chi connectivity index (χ2v) is 6.43. The second-order valence-electron chi connectivity index (χ2n) is 5.58. The van der Waals surface area contributed by atoms with E-state index in [0.717, 1.165) is 11.1 Å². The molecular formula is C19H16Cl2N2O4. The molecule has 1 aliphatic rings. The van der Waals surface area contributed by atoms with E-state index in [0.29, 0.717) is 32.9 Å². The van der Waals surface area contributed by atoms with Gasteiger partial charge in [0.2, 0.25) is 0 Å². The minimum Gasteiger partial charge on any atom is -0.493 e. The van der Waals surface area contributed by atoms with Gasteiger partial charge < -0.3 is 14.2 Å². The summed E-state index contributed by atoms with van der Waals surface area (Å²) in [5, 5.41) is 4.94. The molecule has 140 valence electrons. The van der Waals surface area contributed by atoms with Gasteiger partial charge in [-0.25, -0.2) is 5.43 Å². The van der Waals surface area contributed by atoms with Crippen molar-refractivity contribution < 1.29 is 19.0 Å². The van der Waals surface area contributed by atoms with Gasteiger partial charge >= 0.3 is 0 Å². The number of carbonyl (C=O) groups excluding carboxylic acids is 1. The fourth-order valence-electron chi connectivity index (χ4n) is 2.53. The third kappa shape index (κ3) is 4.35. The number of nitrogens with zero attached hydrogens (tertiary/aromatic N) is 1. The maximum absolute atomic E-state index is 12.2. The van der Waals surface area contributed by atoms with Crippen LogP contribution in [0.25, 0.3) is 6.08 Å². The lowest BCUT2D eigenvalue weighted by Crippen LogP contribution is -2.18. The SMILES string of the molecule is COc1ccc(C(=O)N/N=C/C2=Cc3cc(Cl)cc(Cl)c3OC2)cc1OC. The Morgan fingerprint density at radius 1 is 1.19 bits per heavy atom. The van der Waals surface area contributed by atoms with Gasteiger partial charge in [-0.3, -0.25) is 4.79 Å². The fraction of sp³-hybridized carbons (Fsp3) is 0.158. The molecule has 3 rings (SSSR count). The van der Waals surface area contributed by atoms with E-state index in [2.05, 4.69) is 10.5 Å². The summed E-state index contributed by atoms with van der Waals surface area (Å²) in [6.07, 6.45) is 3.36. The van der Waals surface area contributed by atoms with Crippen LogP contribution in [0.4, 0.5) is 0 Å². The number of nitrogens with one attached hydrogen (secondary N) is 1. The zero-order valence-electron chi connectivity index (χ0n) is 14.6. The van der Waals surface area contributed by atoms with Crippen LogP contribution in [0, 0.1) is 0 Å². The number of benzene rings is 2. The Hall–Kier alpha value is -2.70. The normalized spacial score (nSPS) is 12.8. The molecule has 1 heterocycles. The summed E-state index contributed by atoms with van der Waals surface area (Å²) < 4.78 is 16.0. The molecule has 2 aromatic rings. The number of carbonyl (C=O) groups is 1. The average molecular weight is 407 g/mol. The summed E-state index contributed by atoms with van der Waals surface area (Å²) in [5.74, 6) is 1.20. The zero-order chi connectivity index (χ0) is 19.4. The van der Waals surface area contributed by atoms with E-state index in [1.165, 1.54) is 20.4 Å².